The highest BCUT2D eigenvalue weighted by Gasteiger charge is 1.88. The van der Waals surface area contributed by atoms with E-state index in [2.05, 4.69) is 16.6 Å². The Morgan fingerprint density at radius 1 is 1.62 bits per heavy atom. The molecule has 0 saturated carbocycles. The van der Waals surface area contributed by atoms with E-state index >= 15 is 0 Å². The number of thioether (sulfide) groups is 1. The molecule has 70 valence electrons. The molecule has 0 spiro atoms. The van der Waals surface area contributed by atoms with Gasteiger partial charge in [-0.05, 0) is 12.5 Å². The maximum absolute atomic E-state index is 8.07. The van der Waals surface area contributed by atoms with E-state index in [4.69, 9.17) is 5.53 Å². The third-order valence-corrected chi connectivity index (χ3v) is 2.07. The first-order valence-corrected chi connectivity index (χ1v) is 5.05. The van der Waals surface area contributed by atoms with Crippen LogP contribution in [-0.4, -0.2) is 11.5 Å². The van der Waals surface area contributed by atoms with Crippen LogP contribution in [0, 0.1) is 0 Å². The van der Waals surface area contributed by atoms with Gasteiger partial charge in [0.2, 0.25) is 0 Å². The molecule has 0 radical (unpaired) electrons. The Labute approximate surface area is 82.8 Å². The van der Waals surface area contributed by atoms with Crippen molar-refractivity contribution in [2.75, 3.05) is 11.5 Å². The Balaban J connectivity index is 3.45. The fraction of sp³-hybridized carbons (Fsp3) is 0.333. The Hall–Kier alpha value is -1.12. The standard InChI is InChI=1S/C9H13N3S/c1-3-4-5-6-7-13-8-9(2)11-12-10/h3-6H,2,7-8H2,1H3/b4-3+,6-5+. The SMILES string of the molecule is C=C(CSC/C=C/C=C/C)N=[N+]=[N-]. The summed E-state index contributed by atoms with van der Waals surface area (Å²) < 4.78 is 0. The van der Waals surface area contributed by atoms with Crippen molar-refractivity contribution in [2.24, 2.45) is 5.11 Å². The first kappa shape index (κ1) is 11.9. The number of azide groups is 1. The second kappa shape index (κ2) is 8.97. The van der Waals surface area contributed by atoms with Gasteiger partial charge in [0, 0.05) is 22.1 Å². The normalized spacial score (nSPS) is 10.5. The average molecular weight is 195 g/mol. The van der Waals surface area contributed by atoms with Crippen molar-refractivity contribution in [2.45, 2.75) is 6.92 Å². The van der Waals surface area contributed by atoms with E-state index in [1.54, 1.807) is 11.8 Å². The van der Waals surface area contributed by atoms with Crippen molar-refractivity contribution < 1.29 is 0 Å². The third-order valence-electron chi connectivity index (χ3n) is 1.11. The van der Waals surface area contributed by atoms with Gasteiger partial charge in [0.05, 0.1) is 0 Å². The lowest BCUT2D eigenvalue weighted by molar-refractivity contribution is 1.31. The molecule has 0 aliphatic heterocycles. The predicted octanol–water partition coefficient (Wildman–Crippen LogP) is 3.68. The minimum absolute atomic E-state index is 0.576. The molecule has 0 aliphatic rings. The average Bonchev–Trinajstić information content (AvgIpc) is 2.11. The van der Waals surface area contributed by atoms with Gasteiger partial charge >= 0.3 is 0 Å². The van der Waals surface area contributed by atoms with Gasteiger partial charge < -0.3 is 0 Å². The molecule has 4 heteroatoms. The van der Waals surface area contributed by atoms with Crippen LogP contribution in [0.1, 0.15) is 6.92 Å². The highest BCUT2D eigenvalue weighted by Crippen LogP contribution is 2.07. The van der Waals surface area contributed by atoms with Gasteiger partial charge in [0.1, 0.15) is 0 Å². The number of allylic oxidation sites excluding steroid dienone is 3. The molecular weight excluding hydrogens is 182 g/mol. The summed E-state index contributed by atoms with van der Waals surface area (Å²) >= 11 is 1.67. The first-order chi connectivity index (χ1) is 6.31. The van der Waals surface area contributed by atoms with Crippen LogP contribution in [0.3, 0.4) is 0 Å². The number of hydrogen-bond donors (Lipinski definition) is 0. The summed E-state index contributed by atoms with van der Waals surface area (Å²) in [6.45, 7) is 5.57. The summed E-state index contributed by atoms with van der Waals surface area (Å²) in [6, 6.07) is 0. The van der Waals surface area contributed by atoms with Gasteiger partial charge in [-0.1, -0.05) is 36.0 Å². The molecule has 0 aromatic carbocycles. The fourth-order valence-corrected chi connectivity index (χ4v) is 1.24. The Morgan fingerprint density at radius 2 is 2.38 bits per heavy atom. The van der Waals surface area contributed by atoms with E-state index in [-0.39, 0.29) is 0 Å². The molecule has 0 fully saturated rings. The molecular formula is C9H13N3S. The van der Waals surface area contributed by atoms with Crippen LogP contribution in [0.25, 0.3) is 10.4 Å². The quantitative estimate of drug-likeness (QED) is 0.210. The lowest BCUT2D eigenvalue weighted by atomic mass is 10.5. The molecule has 0 amide bonds. The zero-order chi connectivity index (χ0) is 9.94. The minimum atomic E-state index is 0.576. The van der Waals surface area contributed by atoms with Crippen molar-refractivity contribution in [3.05, 3.63) is 47.0 Å². The largest absolute Gasteiger partial charge is 0.153 e. The van der Waals surface area contributed by atoms with Gasteiger partial charge in [0.25, 0.3) is 0 Å². The van der Waals surface area contributed by atoms with Crippen LogP contribution in [-0.2, 0) is 0 Å². The molecule has 0 aromatic rings. The van der Waals surface area contributed by atoms with Gasteiger partial charge in [-0.15, -0.1) is 0 Å². The molecule has 0 bridgehead atoms. The lowest BCUT2D eigenvalue weighted by Gasteiger charge is -1.94. The summed E-state index contributed by atoms with van der Waals surface area (Å²) in [5.41, 5.74) is 8.65. The van der Waals surface area contributed by atoms with Crippen molar-refractivity contribution in [1.29, 1.82) is 0 Å². The Bertz CT molecular complexity index is 250. The molecule has 0 unspecified atom stereocenters. The van der Waals surface area contributed by atoms with Gasteiger partial charge in [-0.25, -0.2) is 0 Å². The van der Waals surface area contributed by atoms with E-state index < -0.39 is 0 Å². The van der Waals surface area contributed by atoms with Gasteiger partial charge in [-0.3, -0.25) is 0 Å². The maximum Gasteiger partial charge on any atom is 0.0206 e. The van der Waals surface area contributed by atoms with Crippen LogP contribution in [0.4, 0.5) is 0 Å². The molecule has 3 nitrogen and oxygen atoms in total. The van der Waals surface area contributed by atoms with Crippen molar-refractivity contribution in [3.63, 3.8) is 0 Å². The van der Waals surface area contributed by atoms with Crippen LogP contribution >= 0.6 is 11.8 Å². The van der Waals surface area contributed by atoms with Crippen molar-refractivity contribution in [3.8, 4) is 0 Å². The second-order valence-electron chi connectivity index (χ2n) is 2.22. The van der Waals surface area contributed by atoms with Crippen LogP contribution in [0.2, 0.25) is 0 Å². The Morgan fingerprint density at radius 3 is 3.00 bits per heavy atom. The lowest BCUT2D eigenvalue weighted by Crippen LogP contribution is -1.80. The van der Waals surface area contributed by atoms with E-state index in [0.29, 0.717) is 11.4 Å². The van der Waals surface area contributed by atoms with E-state index in [0.717, 1.165) is 5.75 Å². The molecule has 0 aliphatic carbocycles. The summed E-state index contributed by atoms with van der Waals surface area (Å²) in [5, 5.41) is 3.39. The maximum atomic E-state index is 8.07. The predicted molar refractivity (Wildman–Crippen MR) is 59.6 cm³/mol. The smallest absolute Gasteiger partial charge is 0.0206 e. The number of rotatable bonds is 6. The molecule has 0 rings (SSSR count). The van der Waals surface area contributed by atoms with E-state index in [1.807, 2.05) is 31.2 Å². The molecule has 13 heavy (non-hydrogen) atoms. The summed E-state index contributed by atoms with van der Waals surface area (Å²) in [5.74, 6) is 1.59. The number of hydrogen-bond acceptors (Lipinski definition) is 2. The monoisotopic (exact) mass is 195 g/mol. The summed E-state index contributed by atoms with van der Waals surface area (Å²) in [6.07, 6.45) is 7.99. The van der Waals surface area contributed by atoms with Crippen LogP contribution in [0.5, 0.6) is 0 Å². The highest BCUT2D eigenvalue weighted by molar-refractivity contribution is 7.99. The Kier molecular flexibility index (Phi) is 8.20. The molecule has 0 atom stereocenters. The highest BCUT2D eigenvalue weighted by atomic mass is 32.2. The molecule has 0 N–H and O–H groups in total. The zero-order valence-corrected chi connectivity index (χ0v) is 8.50. The van der Waals surface area contributed by atoms with Crippen LogP contribution < -0.4 is 0 Å². The van der Waals surface area contributed by atoms with Crippen molar-refractivity contribution >= 4 is 11.8 Å². The zero-order valence-electron chi connectivity index (χ0n) is 7.68. The number of nitrogens with zero attached hydrogens (tertiary/aromatic N) is 3. The third kappa shape index (κ3) is 8.79. The minimum Gasteiger partial charge on any atom is -0.153 e. The van der Waals surface area contributed by atoms with Crippen LogP contribution in [0.15, 0.2) is 41.7 Å². The molecule has 0 heterocycles. The first-order valence-electron chi connectivity index (χ1n) is 3.89. The summed E-state index contributed by atoms with van der Waals surface area (Å²) in [7, 11) is 0. The van der Waals surface area contributed by atoms with E-state index in [1.165, 1.54) is 0 Å². The molecule has 0 aromatic heterocycles. The topological polar surface area (TPSA) is 48.8 Å². The van der Waals surface area contributed by atoms with Crippen molar-refractivity contribution in [1.82, 2.24) is 0 Å². The van der Waals surface area contributed by atoms with Gasteiger partial charge in [0.15, 0.2) is 0 Å². The second-order valence-corrected chi connectivity index (χ2v) is 3.25. The molecule has 0 saturated heterocycles. The van der Waals surface area contributed by atoms with E-state index in [9.17, 15) is 0 Å². The summed E-state index contributed by atoms with van der Waals surface area (Å²) in [4.78, 5) is 2.65. The van der Waals surface area contributed by atoms with Gasteiger partial charge in [-0.2, -0.15) is 11.8 Å². The fourth-order valence-electron chi connectivity index (χ4n) is 0.582.